The Hall–Kier alpha value is -2.12. The molecule has 2 atom stereocenters. The molecular weight excluding hydrogens is 322 g/mol. The van der Waals surface area contributed by atoms with Crippen molar-refractivity contribution in [1.82, 2.24) is 10.2 Å². The van der Waals surface area contributed by atoms with Crippen molar-refractivity contribution in [3.8, 4) is 0 Å². The molecule has 1 aliphatic heterocycles. The lowest BCUT2D eigenvalue weighted by Crippen LogP contribution is -2.44. The van der Waals surface area contributed by atoms with Crippen LogP contribution in [-0.2, 0) is 9.47 Å². The summed E-state index contributed by atoms with van der Waals surface area (Å²) in [7, 11) is 3.38. The predicted molar refractivity (Wildman–Crippen MR) is 95.7 cm³/mol. The largest absolute Gasteiger partial charge is 0.348 e. The summed E-state index contributed by atoms with van der Waals surface area (Å²) in [6, 6.07) is 4.67. The van der Waals surface area contributed by atoms with E-state index >= 15 is 0 Å². The first-order valence-electron chi connectivity index (χ1n) is 8.30. The minimum atomic E-state index is -0.630. The third-order valence-corrected chi connectivity index (χ3v) is 4.09. The summed E-state index contributed by atoms with van der Waals surface area (Å²) in [6.45, 7) is 7.86. The van der Waals surface area contributed by atoms with Gasteiger partial charge < -0.3 is 25.0 Å². The molecule has 2 N–H and O–H groups in total. The number of carbonyl (C=O) groups excluding carboxylic acids is 2. The minimum absolute atomic E-state index is 0.115. The van der Waals surface area contributed by atoms with Gasteiger partial charge in [-0.1, -0.05) is 6.07 Å². The van der Waals surface area contributed by atoms with E-state index in [1.54, 1.807) is 26.2 Å². The highest BCUT2D eigenvalue weighted by atomic mass is 16.7. The van der Waals surface area contributed by atoms with Gasteiger partial charge in [0.25, 0.3) is 5.91 Å². The van der Waals surface area contributed by atoms with Crippen LogP contribution in [0.3, 0.4) is 0 Å². The van der Waals surface area contributed by atoms with Gasteiger partial charge >= 0.3 is 6.03 Å². The van der Waals surface area contributed by atoms with Crippen molar-refractivity contribution in [2.24, 2.45) is 0 Å². The molecule has 1 aromatic carbocycles. The van der Waals surface area contributed by atoms with Crippen molar-refractivity contribution in [2.45, 2.75) is 45.6 Å². The molecule has 0 radical (unpaired) electrons. The number of nitrogens with zero attached hydrogens (tertiary/aromatic N) is 1. The number of rotatable bonds is 4. The molecule has 1 fully saturated rings. The minimum Gasteiger partial charge on any atom is -0.348 e. The van der Waals surface area contributed by atoms with Crippen LogP contribution < -0.4 is 10.6 Å². The number of amides is 3. The number of nitrogens with one attached hydrogen (secondary N) is 2. The molecule has 7 nitrogen and oxygen atoms in total. The van der Waals surface area contributed by atoms with Crippen LogP contribution in [0.25, 0.3) is 0 Å². The lowest BCUT2D eigenvalue weighted by Gasteiger charge is -2.22. The van der Waals surface area contributed by atoms with Gasteiger partial charge in [0.1, 0.15) is 6.10 Å². The van der Waals surface area contributed by atoms with E-state index in [9.17, 15) is 9.59 Å². The van der Waals surface area contributed by atoms with Gasteiger partial charge in [-0.25, -0.2) is 4.79 Å². The van der Waals surface area contributed by atoms with Gasteiger partial charge in [0.2, 0.25) is 0 Å². The first-order valence-corrected chi connectivity index (χ1v) is 8.30. The number of hydrogen-bond acceptors (Lipinski definition) is 4. The Morgan fingerprint density at radius 3 is 2.56 bits per heavy atom. The lowest BCUT2D eigenvalue weighted by atomic mass is 10.1. The van der Waals surface area contributed by atoms with Crippen LogP contribution in [0.2, 0.25) is 0 Å². The Kier molecular flexibility index (Phi) is 5.69. The van der Waals surface area contributed by atoms with Crippen molar-refractivity contribution in [3.63, 3.8) is 0 Å². The summed E-state index contributed by atoms with van der Waals surface area (Å²) in [5.74, 6) is -0.746. The van der Waals surface area contributed by atoms with Crippen molar-refractivity contribution < 1.29 is 19.1 Å². The van der Waals surface area contributed by atoms with Crippen LogP contribution in [0.1, 0.15) is 36.7 Å². The molecule has 138 valence electrons. The average Bonchev–Trinajstić information content (AvgIpc) is 2.88. The third kappa shape index (κ3) is 4.93. The SMILES string of the molecule is Cc1ccc(C(=O)N(C)C)cc1NC(=O)N[C@@H](C)[C@H]1COC(C)(C)O1. The Bertz CT molecular complexity index is 658. The molecular formula is C18H27N3O4. The van der Waals surface area contributed by atoms with E-state index in [0.717, 1.165) is 5.56 Å². The quantitative estimate of drug-likeness (QED) is 0.874. The van der Waals surface area contributed by atoms with Crippen molar-refractivity contribution in [2.75, 3.05) is 26.0 Å². The van der Waals surface area contributed by atoms with E-state index in [0.29, 0.717) is 17.9 Å². The van der Waals surface area contributed by atoms with Gasteiger partial charge in [-0.2, -0.15) is 0 Å². The standard InChI is InChI=1S/C18H27N3O4/c1-11-7-8-13(16(22)21(5)6)9-14(11)20-17(23)19-12(2)15-10-24-18(3,4)25-15/h7-9,12,15H,10H2,1-6H3,(H2,19,20,23)/t12-,15+/m0/s1. The normalized spacial score (nSPS) is 20.0. The van der Waals surface area contributed by atoms with Gasteiger partial charge in [0, 0.05) is 25.3 Å². The van der Waals surface area contributed by atoms with E-state index in [-0.39, 0.29) is 24.1 Å². The highest BCUT2D eigenvalue weighted by Gasteiger charge is 2.36. The van der Waals surface area contributed by atoms with Gasteiger partial charge in [-0.3, -0.25) is 4.79 Å². The Balaban J connectivity index is 2.00. The van der Waals surface area contributed by atoms with Crippen LogP contribution in [0.4, 0.5) is 10.5 Å². The third-order valence-electron chi connectivity index (χ3n) is 4.09. The fraction of sp³-hybridized carbons (Fsp3) is 0.556. The molecule has 0 aliphatic carbocycles. The summed E-state index contributed by atoms with van der Waals surface area (Å²) in [4.78, 5) is 25.9. The van der Waals surface area contributed by atoms with Gasteiger partial charge in [0.05, 0.1) is 12.6 Å². The second-order valence-electron chi connectivity index (χ2n) is 6.98. The molecule has 0 bridgehead atoms. The zero-order valence-corrected chi connectivity index (χ0v) is 15.7. The average molecular weight is 349 g/mol. The molecule has 1 aliphatic rings. The maximum atomic E-state index is 12.3. The van der Waals surface area contributed by atoms with E-state index < -0.39 is 5.79 Å². The van der Waals surface area contributed by atoms with Crippen LogP contribution in [0.5, 0.6) is 0 Å². The lowest BCUT2D eigenvalue weighted by molar-refractivity contribution is -0.140. The molecule has 1 aromatic rings. The first kappa shape index (κ1) is 19.2. The van der Waals surface area contributed by atoms with Crippen LogP contribution >= 0.6 is 0 Å². The van der Waals surface area contributed by atoms with Gasteiger partial charge in [-0.05, 0) is 45.4 Å². The number of hydrogen-bond donors (Lipinski definition) is 2. The van der Waals surface area contributed by atoms with Gasteiger partial charge in [0.15, 0.2) is 5.79 Å². The summed E-state index contributed by atoms with van der Waals surface area (Å²) < 4.78 is 11.3. The molecule has 1 saturated heterocycles. The highest BCUT2D eigenvalue weighted by Crippen LogP contribution is 2.24. The molecule has 0 aromatic heterocycles. The number of anilines is 1. The second-order valence-corrected chi connectivity index (χ2v) is 6.98. The van der Waals surface area contributed by atoms with Crippen molar-refractivity contribution in [1.29, 1.82) is 0 Å². The zero-order chi connectivity index (χ0) is 18.8. The number of ether oxygens (including phenoxy) is 2. The smallest absolute Gasteiger partial charge is 0.319 e. The Morgan fingerprint density at radius 1 is 1.32 bits per heavy atom. The Labute approximate surface area is 148 Å². The molecule has 3 amide bonds. The highest BCUT2D eigenvalue weighted by molar-refractivity contribution is 5.97. The molecule has 7 heteroatoms. The summed E-state index contributed by atoms with van der Waals surface area (Å²) >= 11 is 0. The summed E-state index contributed by atoms with van der Waals surface area (Å²) in [6.07, 6.45) is -0.205. The van der Waals surface area contributed by atoms with Crippen molar-refractivity contribution in [3.05, 3.63) is 29.3 Å². The first-order chi connectivity index (χ1) is 11.6. The fourth-order valence-corrected chi connectivity index (χ4v) is 2.57. The number of aryl methyl sites for hydroxylation is 1. The van der Waals surface area contributed by atoms with Gasteiger partial charge in [-0.15, -0.1) is 0 Å². The molecule has 0 spiro atoms. The molecule has 2 rings (SSSR count). The monoisotopic (exact) mass is 349 g/mol. The maximum absolute atomic E-state index is 12.3. The second kappa shape index (κ2) is 7.41. The predicted octanol–water partition coefficient (Wildman–Crippen LogP) is 2.36. The van der Waals surface area contributed by atoms with E-state index in [4.69, 9.17) is 9.47 Å². The molecule has 1 heterocycles. The van der Waals surface area contributed by atoms with E-state index in [2.05, 4.69) is 10.6 Å². The van der Waals surface area contributed by atoms with E-state index in [1.165, 1.54) is 4.90 Å². The number of carbonyl (C=O) groups is 2. The maximum Gasteiger partial charge on any atom is 0.319 e. The number of urea groups is 1. The van der Waals surface area contributed by atoms with E-state index in [1.807, 2.05) is 33.8 Å². The summed E-state index contributed by atoms with van der Waals surface area (Å²) in [5.41, 5.74) is 1.99. The molecule has 0 unspecified atom stereocenters. The van der Waals surface area contributed by atoms with Crippen LogP contribution in [0.15, 0.2) is 18.2 Å². The Morgan fingerprint density at radius 2 is 2.00 bits per heavy atom. The number of benzene rings is 1. The summed E-state index contributed by atoms with van der Waals surface area (Å²) in [5, 5.41) is 5.66. The topological polar surface area (TPSA) is 79.9 Å². The van der Waals surface area contributed by atoms with Crippen molar-refractivity contribution >= 4 is 17.6 Å². The fourth-order valence-electron chi connectivity index (χ4n) is 2.57. The molecule has 0 saturated carbocycles. The molecule has 25 heavy (non-hydrogen) atoms. The van der Waals surface area contributed by atoms with Crippen LogP contribution in [0, 0.1) is 6.92 Å². The van der Waals surface area contributed by atoms with Crippen LogP contribution in [-0.4, -0.2) is 55.5 Å². The zero-order valence-electron chi connectivity index (χ0n) is 15.7.